The van der Waals surface area contributed by atoms with E-state index in [2.05, 4.69) is 15.6 Å². The minimum absolute atomic E-state index is 0.000914. The Morgan fingerprint density at radius 1 is 1.02 bits per heavy atom. The lowest BCUT2D eigenvalue weighted by Gasteiger charge is -2.70. The number of benzene rings is 2. The van der Waals surface area contributed by atoms with Crippen molar-refractivity contribution >= 4 is 46.6 Å². The Morgan fingerprint density at radius 2 is 1.75 bits per heavy atom. The molecule has 206 valence electrons. The number of rotatable bonds is 7. The molecule has 3 amide bonds. The van der Waals surface area contributed by atoms with Crippen LogP contribution in [-0.2, 0) is 9.59 Å². The average molecular weight is 585 g/mol. The molecule has 40 heavy (non-hydrogen) atoms. The third-order valence-corrected chi connectivity index (χ3v) is 7.92. The highest BCUT2D eigenvalue weighted by atomic mass is 35.5. The van der Waals surface area contributed by atoms with E-state index < -0.39 is 23.0 Å². The second kappa shape index (κ2) is 9.94. The molecule has 3 saturated carbocycles. The topological polar surface area (TPSA) is 110 Å². The number of amides is 3. The molecule has 3 aliphatic carbocycles. The molecule has 9 nitrogen and oxygen atoms in total. The molecule has 1 aromatic heterocycles. The summed E-state index contributed by atoms with van der Waals surface area (Å²) in [6.45, 7) is -0.274. The Hall–Kier alpha value is -3.89. The van der Waals surface area contributed by atoms with Crippen molar-refractivity contribution in [1.82, 2.24) is 15.6 Å². The second-order valence-electron chi connectivity index (χ2n) is 10.4. The Labute approximate surface area is 238 Å². The van der Waals surface area contributed by atoms with Crippen molar-refractivity contribution in [2.45, 2.75) is 36.4 Å². The predicted octanol–water partition coefficient (Wildman–Crippen LogP) is 3.92. The monoisotopic (exact) mass is 584 g/mol. The maximum Gasteiger partial charge on any atom is 0.263 e. The number of pyridine rings is 1. The van der Waals surface area contributed by atoms with E-state index >= 15 is 0 Å². The van der Waals surface area contributed by atoms with E-state index in [4.69, 9.17) is 32.7 Å². The van der Waals surface area contributed by atoms with Crippen molar-refractivity contribution in [2.24, 2.45) is 0 Å². The highest BCUT2D eigenvalue weighted by Gasteiger charge is 2.69. The minimum Gasteiger partial charge on any atom is -0.484 e. The van der Waals surface area contributed by atoms with Gasteiger partial charge in [0.25, 0.3) is 17.7 Å². The molecule has 1 aliphatic heterocycles. The fourth-order valence-electron chi connectivity index (χ4n) is 5.68. The summed E-state index contributed by atoms with van der Waals surface area (Å²) >= 11 is 11.8. The summed E-state index contributed by atoms with van der Waals surface area (Å²) in [6.07, 6.45) is 3.80. The van der Waals surface area contributed by atoms with E-state index in [0.717, 1.165) is 6.07 Å². The standard InChI is InChI=1S/C28H23Cl2FN4O5/c29-17-1-4-22-21(9-17)35(26(38)16-5-7-32-8-6-16)11-23(40-22)25(37)34-28-13-27(14-28,15-28)33-24(36)12-39-18-2-3-19(30)20(31)10-18/h1-10,23H,11-15H2,(H,33,36)(H,34,37). The number of halogens is 3. The van der Waals surface area contributed by atoms with Crippen molar-refractivity contribution in [3.63, 3.8) is 0 Å². The van der Waals surface area contributed by atoms with Crippen LogP contribution in [0.4, 0.5) is 10.1 Å². The van der Waals surface area contributed by atoms with Crippen molar-refractivity contribution in [1.29, 1.82) is 0 Å². The number of nitrogens with zero attached hydrogens (tertiary/aromatic N) is 2. The lowest BCUT2D eigenvalue weighted by molar-refractivity contribution is -0.153. The normalized spacial score (nSPS) is 24.0. The lowest BCUT2D eigenvalue weighted by atomic mass is 9.44. The fraction of sp³-hybridized carbons (Fsp3) is 0.286. The number of nitrogens with one attached hydrogen (secondary N) is 2. The summed E-state index contributed by atoms with van der Waals surface area (Å²) in [7, 11) is 0. The van der Waals surface area contributed by atoms with Gasteiger partial charge in [0.05, 0.1) is 17.3 Å². The van der Waals surface area contributed by atoms with Crippen LogP contribution in [0.25, 0.3) is 0 Å². The Bertz CT molecular complexity index is 1500. The smallest absolute Gasteiger partial charge is 0.263 e. The molecule has 2 N–H and O–H groups in total. The molecular weight excluding hydrogens is 562 g/mol. The van der Waals surface area contributed by atoms with Crippen LogP contribution in [-0.4, -0.2) is 53.0 Å². The molecule has 3 fully saturated rings. The number of anilines is 1. The summed E-state index contributed by atoms with van der Waals surface area (Å²) < 4.78 is 24.9. The van der Waals surface area contributed by atoms with Crippen molar-refractivity contribution in [2.75, 3.05) is 18.1 Å². The van der Waals surface area contributed by atoms with Crippen LogP contribution in [0.2, 0.25) is 10.0 Å². The molecule has 12 heteroatoms. The third-order valence-electron chi connectivity index (χ3n) is 7.38. The van der Waals surface area contributed by atoms with Gasteiger partial charge in [-0.25, -0.2) is 4.39 Å². The number of hydrogen-bond donors (Lipinski definition) is 2. The number of aromatic nitrogens is 1. The first-order chi connectivity index (χ1) is 19.1. The molecule has 1 unspecified atom stereocenters. The number of hydrogen-bond acceptors (Lipinski definition) is 6. The second-order valence-corrected chi connectivity index (χ2v) is 11.2. The van der Waals surface area contributed by atoms with Gasteiger partial charge in [-0.05, 0) is 61.7 Å². The Kier molecular flexibility index (Phi) is 6.54. The van der Waals surface area contributed by atoms with Gasteiger partial charge in [0.15, 0.2) is 12.7 Å². The Balaban J connectivity index is 1.06. The van der Waals surface area contributed by atoms with Gasteiger partial charge in [-0.2, -0.15) is 0 Å². The van der Waals surface area contributed by atoms with Gasteiger partial charge >= 0.3 is 0 Å². The molecule has 7 rings (SSSR count). The first-order valence-corrected chi connectivity index (χ1v) is 13.3. The van der Waals surface area contributed by atoms with Gasteiger partial charge in [-0.1, -0.05) is 23.2 Å². The predicted molar refractivity (Wildman–Crippen MR) is 144 cm³/mol. The van der Waals surface area contributed by atoms with Crippen LogP contribution in [0.3, 0.4) is 0 Å². The molecule has 2 aromatic carbocycles. The average Bonchev–Trinajstić information content (AvgIpc) is 2.91. The largest absolute Gasteiger partial charge is 0.484 e. The van der Waals surface area contributed by atoms with Crippen LogP contribution >= 0.6 is 23.2 Å². The van der Waals surface area contributed by atoms with Gasteiger partial charge in [0.1, 0.15) is 17.3 Å². The van der Waals surface area contributed by atoms with Crippen LogP contribution in [0.15, 0.2) is 60.9 Å². The first-order valence-electron chi connectivity index (χ1n) is 12.5. The quantitative estimate of drug-likeness (QED) is 0.435. The summed E-state index contributed by atoms with van der Waals surface area (Å²) in [5.74, 6) is -1.04. The maximum absolute atomic E-state index is 13.6. The molecular formula is C28H23Cl2FN4O5. The molecule has 0 radical (unpaired) electrons. The zero-order chi connectivity index (χ0) is 28.1. The van der Waals surface area contributed by atoms with Crippen molar-refractivity contribution in [3.8, 4) is 11.5 Å². The molecule has 4 aliphatic rings. The van der Waals surface area contributed by atoms with E-state index in [-0.39, 0.29) is 41.6 Å². The third kappa shape index (κ3) is 4.93. The van der Waals surface area contributed by atoms with Gasteiger partial charge < -0.3 is 25.0 Å². The van der Waals surface area contributed by atoms with Crippen LogP contribution in [0.5, 0.6) is 11.5 Å². The summed E-state index contributed by atoms with van der Waals surface area (Å²) in [5.41, 5.74) is 0.0334. The molecule has 2 bridgehead atoms. The minimum atomic E-state index is -0.938. The van der Waals surface area contributed by atoms with Gasteiger partial charge in [-0.3, -0.25) is 19.4 Å². The number of ether oxygens (including phenoxy) is 2. The number of fused-ring (bicyclic) bond motifs is 1. The molecule has 1 atom stereocenters. The van der Waals surface area contributed by atoms with Crippen LogP contribution in [0, 0.1) is 5.82 Å². The molecule has 3 aromatic rings. The summed E-state index contributed by atoms with van der Waals surface area (Å²) in [5, 5.41) is 6.42. The fourth-order valence-corrected chi connectivity index (χ4v) is 5.96. The highest BCUT2D eigenvalue weighted by Crippen LogP contribution is 2.60. The number of carbonyl (C=O) groups excluding carboxylic acids is 3. The zero-order valence-corrected chi connectivity index (χ0v) is 22.5. The lowest BCUT2D eigenvalue weighted by Crippen LogP contribution is -2.84. The van der Waals surface area contributed by atoms with E-state index in [9.17, 15) is 18.8 Å². The Morgan fingerprint density at radius 3 is 2.48 bits per heavy atom. The summed E-state index contributed by atoms with van der Waals surface area (Å²) in [4.78, 5) is 44.5. The van der Waals surface area contributed by atoms with Crippen molar-refractivity contribution in [3.05, 3.63) is 82.4 Å². The molecule has 0 saturated heterocycles. The van der Waals surface area contributed by atoms with Gasteiger partial charge in [0, 0.05) is 40.1 Å². The maximum atomic E-state index is 13.6. The van der Waals surface area contributed by atoms with E-state index in [1.807, 2.05) is 0 Å². The summed E-state index contributed by atoms with van der Waals surface area (Å²) in [6, 6.07) is 12.1. The molecule has 2 heterocycles. The van der Waals surface area contributed by atoms with Gasteiger partial charge in [-0.15, -0.1) is 0 Å². The molecule has 0 spiro atoms. The first kappa shape index (κ1) is 26.3. The van der Waals surface area contributed by atoms with E-state index in [1.165, 1.54) is 29.4 Å². The van der Waals surface area contributed by atoms with Crippen LogP contribution in [0.1, 0.15) is 29.6 Å². The van der Waals surface area contributed by atoms with Crippen LogP contribution < -0.4 is 25.0 Å². The van der Waals surface area contributed by atoms with E-state index in [1.54, 1.807) is 30.3 Å². The highest BCUT2D eigenvalue weighted by molar-refractivity contribution is 6.31. The van der Waals surface area contributed by atoms with E-state index in [0.29, 0.717) is 41.3 Å². The van der Waals surface area contributed by atoms with Crippen molar-refractivity contribution < 1.29 is 28.2 Å². The SMILES string of the molecule is O=C(COc1ccc(Cl)c(F)c1)NC12CC(NC(=O)C3CN(C(=O)c4ccncc4)c4cc(Cl)ccc4O3)(C1)C2. The zero-order valence-electron chi connectivity index (χ0n) is 21.0. The van der Waals surface area contributed by atoms with Gasteiger partial charge in [0.2, 0.25) is 0 Å². The number of carbonyl (C=O) groups is 3.